The second kappa shape index (κ2) is 35.7. The second-order valence-corrected chi connectivity index (χ2v) is 27.2. The first kappa shape index (κ1) is 77.9. The number of allylic oxidation sites excluding steroid dienone is 2. The summed E-state index contributed by atoms with van der Waals surface area (Å²) in [6.07, 6.45) is 1.44. The summed E-state index contributed by atoms with van der Waals surface area (Å²) < 4.78 is 0. The molecule has 0 aliphatic carbocycles. The predicted molar refractivity (Wildman–Crippen MR) is 333 cm³/mol. The van der Waals surface area contributed by atoms with Crippen molar-refractivity contribution in [3.63, 3.8) is 0 Å². The summed E-state index contributed by atoms with van der Waals surface area (Å²) in [5.74, 6) is -9.78. The van der Waals surface area contributed by atoms with Crippen molar-refractivity contribution in [3.8, 4) is 0 Å². The standard InChI is InChI=1S/C65H116N8O12/c1-25-27-28-43(15)58(78)57-54(76)34-46(26-2)61(81)67(18)36-55(77)68(19)48(29-37(3)4)53(75)35-47(41(11)12)62(82)69(20)49(30-38(5)6)52(74)33-44(16)59(79)66-45(17)60(80)70(21)50(31-39(7)8)63(83)71(22)51(32-40(9)10)64(84)72(23)56(42(13)14)65(85)73(57)24/h25,27,37-51,55-58,77-78H,26,28-36H2,1-24H3,(H,66,79)/b27-25+/t43-,44-,45-,46-,47+,48+,49+,50+,51+,55?,56+,57-,58-/m1/s1. The van der Waals surface area contributed by atoms with Crippen LogP contribution in [0.3, 0.4) is 0 Å². The lowest BCUT2D eigenvalue weighted by Crippen LogP contribution is -2.61. The van der Waals surface area contributed by atoms with Crippen molar-refractivity contribution < 1.29 is 58.2 Å². The number of hydrogen-bond donors (Lipinski definition) is 3. The first-order valence-corrected chi connectivity index (χ1v) is 31.4. The molecule has 3 N–H and O–H groups in total. The van der Waals surface area contributed by atoms with Crippen LogP contribution >= 0.6 is 0 Å². The zero-order chi connectivity index (χ0) is 66.0. The van der Waals surface area contributed by atoms with Crippen LogP contribution < -0.4 is 5.32 Å². The van der Waals surface area contributed by atoms with Gasteiger partial charge in [0, 0.05) is 79.3 Å². The Morgan fingerprint density at radius 3 is 1.41 bits per heavy atom. The van der Waals surface area contributed by atoms with Gasteiger partial charge in [0.1, 0.15) is 36.4 Å². The number of β-amino-alcohol motifs (C(OH)–C–C–N with tert-alkyl or cyclic N) is 1. The highest BCUT2D eigenvalue weighted by atomic mass is 16.3. The fourth-order valence-corrected chi connectivity index (χ4v) is 11.6. The number of Topliss-reactive ketones (excluding diaryl/α,β-unsaturated/α-hetero) is 3. The molecule has 0 radical (unpaired) electrons. The molecule has 1 saturated heterocycles. The van der Waals surface area contributed by atoms with Crippen LogP contribution in [0.15, 0.2) is 12.2 Å². The van der Waals surface area contributed by atoms with Crippen molar-refractivity contribution in [2.24, 2.45) is 59.2 Å². The van der Waals surface area contributed by atoms with Crippen LogP contribution in [0.5, 0.6) is 0 Å². The minimum atomic E-state index is -1.47. The predicted octanol–water partition coefficient (Wildman–Crippen LogP) is 6.33. The molecule has 1 aliphatic heterocycles. The topological polar surface area (TPSA) is 246 Å². The summed E-state index contributed by atoms with van der Waals surface area (Å²) in [6.45, 7) is 30.5. The van der Waals surface area contributed by atoms with Gasteiger partial charge in [-0.05, 0) is 101 Å². The van der Waals surface area contributed by atoms with Gasteiger partial charge in [-0.3, -0.25) is 52.8 Å². The third-order valence-electron chi connectivity index (χ3n) is 17.2. The molecule has 20 nitrogen and oxygen atoms in total. The smallest absolute Gasteiger partial charge is 0.246 e. The van der Waals surface area contributed by atoms with Crippen LogP contribution in [-0.2, 0) is 47.9 Å². The number of ketones is 3. The molecule has 1 heterocycles. The van der Waals surface area contributed by atoms with Gasteiger partial charge in [0.25, 0.3) is 0 Å². The molecule has 1 rings (SSSR count). The van der Waals surface area contributed by atoms with Gasteiger partial charge in [-0.2, -0.15) is 0 Å². The number of carbonyl (C=O) groups excluding carboxylic acids is 10. The highest BCUT2D eigenvalue weighted by Gasteiger charge is 2.45. The summed E-state index contributed by atoms with van der Waals surface area (Å²) >= 11 is 0. The van der Waals surface area contributed by atoms with Crippen LogP contribution in [0.4, 0.5) is 0 Å². The van der Waals surface area contributed by atoms with Gasteiger partial charge in [0.2, 0.25) is 41.4 Å². The number of amides is 7. The molecule has 20 heteroatoms. The maximum absolute atomic E-state index is 15.2. The zero-order valence-electron chi connectivity index (χ0n) is 56.8. The zero-order valence-corrected chi connectivity index (χ0v) is 56.8. The molecule has 1 unspecified atom stereocenters. The van der Waals surface area contributed by atoms with Gasteiger partial charge in [-0.25, -0.2) is 0 Å². The van der Waals surface area contributed by atoms with Crippen molar-refractivity contribution in [1.82, 2.24) is 39.6 Å². The number of rotatable bonds is 15. The molecule has 0 spiro atoms. The van der Waals surface area contributed by atoms with Crippen LogP contribution in [0, 0.1) is 59.2 Å². The van der Waals surface area contributed by atoms with Gasteiger partial charge in [0.05, 0.1) is 24.7 Å². The summed E-state index contributed by atoms with van der Waals surface area (Å²) in [5.41, 5.74) is 0. The minimum Gasteiger partial charge on any atom is -0.390 e. The molecule has 1 aliphatic rings. The molecule has 0 saturated carbocycles. The largest absolute Gasteiger partial charge is 0.390 e. The molecule has 0 aromatic carbocycles. The van der Waals surface area contributed by atoms with E-state index in [2.05, 4.69) is 5.32 Å². The highest BCUT2D eigenvalue weighted by Crippen LogP contribution is 2.29. The number of likely N-dealkylation sites (N-methyl/N-ethyl adjacent to an activating group) is 7. The summed E-state index contributed by atoms with van der Waals surface area (Å²) in [7, 11) is 10.4. The maximum atomic E-state index is 15.2. The minimum absolute atomic E-state index is 0.0370. The molecule has 0 bridgehead atoms. The van der Waals surface area contributed by atoms with E-state index in [1.807, 2.05) is 88.3 Å². The molecule has 7 amide bonds. The van der Waals surface area contributed by atoms with Crippen LogP contribution in [-0.4, -0.2) is 214 Å². The monoisotopic (exact) mass is 1200 g/mol. The molecule has 488 valence electrons. The highest BCUT2D eigenvalue weighted by molar-refractivity contribution is 5.98. The Morgan fingerprint density at radius 2 is 0.953 bits per heavy atom. The summed E-state index contributed by atoms with van der Waals surface area (Å²) in [4.78, 5) is 156. The molecular weight excluding hydrogens is 1080 g/mol. The van der Waals surface area contributed by atoms with Gasteiger partial charge in [-0.15, -0.1) is 0 Å². The van der Waals surface area contributed by atoms with Crippen molar-refractivity contribution in [2.75, 3.05) is 55.9 Å². The summed E-state index contributed by atoms with van der Waals surface area (Å²) in [6, 6.07) is -7.93. The fourth-order valence-electron chi connectivity index (χ4n) is 11.6. The molecule has 13 atom stereocenters. The molecular formula is C65H116N8O12. The average molecular weight is 1200 g/mol. The average Bonchev–Trinajstić information content (AvgIpc) is 3.62. The fraction of sp³-hybridized carbons (Fsp3) is 0.815. The number of nitrogens with one attached hydrogen (secondary N) is 1. The van der Waals surface area contributed by atoms with E-state index in [1.165, 1.54) is 83.5 Å². The van der Waals surface area contributed by atoms with Crippen LogP contribution in [0.2, 0.25) is 0 Å². The van der Waals surface area contributed by atoms with Crippen LogP contribution in [0.25, 0.3) is 0 Å². The van der Waals surface area contributed by atoms with Crippen molar-refractivity contribution >= 4 is 58.7 Å². The molecule has 85 heavy (non-hydrogen) atoms. The van der Waals surface area contributed by atoms with E-state index in [4.69, 9.17) is 0 Å². The Morgan fingerprint density at radius 1 is 0.518 bits per heavy atom. The lowest BCUT2D eigenvalue weighted by molar-refractivity contribution is -0.157. The lowest BCUT2D eigenvalue weighted by atomic mass is 9.84. The van der Waals surface area contributed by atoms with E-state index in [0.717, 1.165) is 0 Å². The Bertz CT molecular complexity index is 2270. The normalized spacial score (nSPS) is 28.3. The van der Waals surface area contributed by atoms with Crippen molar-refractivity contribution in [2.45, 2.75) is 230 Å². The van der Waals surface area contributed by atoms with E-state index in [1.54, 1.807) is 41.7 Å². The number of aliphatic hydroxyl groups is 2. The number of carbonyl (C=O) groups is 10. The third-order valence-corrected chi connectivity index (χ3v) is 17.2. The van der Waals surface area contributed by atoms with Gasteiger partial charge < -0.3 is 44.9 Å². The Balaban J connectivity index is 4.32. The number of aliphatic hydroxyl groups excluding tert-OH is 2. The van der Waals surface area contributed by atoms with E-state index >= 15 is 9.59 Å². The first-order valence-electron chi connectivity index (χ1n) is 31.4. The first-order chi connectivity index (χ1) is 39.2. The molecule has 0 aromatic rings. The van der Waals surface area contributed by atoms with Crippen molar-refractivity contribution in [3.05, 3.63) is 12.2 Å². The lowest BCUT2D eigenvalue weighted by Gasteiger charge is -2.41. The molecule has 1 fully saturated rings. The van der Waals surface area contributed by atoms with Gasteiger partial charge in [-0.1, -0.05) is 116 Å². The SMILES string of the molecule is C/C=C/C[C@@H](C)[C@@H](O)[C@H]1C(=O)C[C@@H](CC)C(=O)N(C)CC(O)N(C)[C@@H](CC(C)C)C(=O)C[C@@H](C(C)C)C(=O)N(C)[C@@H](CC(C)C)C(=O)C[C@@H](C)C(=O)N[C@H](C)C(=O)N(C)[C@@H](CC(C)C)C(=O)N(C)[C@@H](CC(C)C)C(=O)N(C)[C@@H](C(C)C)C(=O)N1C. The molecule has 0 aromatic heterocycles. The number of nitrogens with zero attached hydrogens (tertiary/aromatic N) is 7. The van der Waals surface area contributed by atoms with E-state index in [-0.39, 0.29) is 92.6 Å². The van der Waals surface area contributed by atoms with Crippen LogP contribution in [0.1, 0.15) is 175 Å². The van der Waals surface area contributed by atoms with E-state index < -0.39 is 131 Å². The Hall–Kier alpha value is -5.08. The van der Waals surface area contributed by atoms with E-state index in [0.29, 0.717) is 12.8 Å². The third kappa shape index (κ3) is 22.2. The number of hydrogen-bond acceptors (Lipinski definition) is 13. The quantitative estimate of drug-likeness (QED) is 0.152. The Kier molecular flexibility index (Phi) is 32.7. The van der Waals surface area contributed by atoms with E-state index in [9.17, 15) is 48.6 Å². The van der Waals surface area contributed by atoms with Crippen molar-refractivity contribution in [1.29, 1.82) is 0 Å². The van der Waals surface area contributed by atoms with Gasteiger partial charge in [0.15, 0.2) is 17.3 Å². The second-order valence-electron chi connectivity index (χ2n) is 27.2. The maximum Gasteiger partial charge on any atom is 0.246 e. The van der Waals surface area contributed by atoms with Gasteiger partial charge >= 0.3 is 0 Å². The summed E-state index contributed by atoms with van der Waals surface area (Å²) in [5, 5.41) is 26.8. The Labute approximate surface area is 511 Å².